The highest BCUT2D eigenvalue weighted by Crippen LogP contribution is 2.39. The lowest BCUT2D eigenvalue weighted by molar-refractivity contribution is -0.0378. The van der Waals surface area contributed by atoms with Gasteiger partial charge in [-0.3, -0.25) is 9.69 Å². The standard InChI is InChI=1S/C16H20Cl2N2O.ClH/c1-16(2)14(10-5-7-20(16)8-6-10)19-15(21)11-3-4-12(17)13(18)9-11;/h3-4,9-10,14H,5-8H2,1-2H3,(H,19,21);1H/t14-;/m1./s1. The number of nitrogens with one attached hydrogen (secondary N) is 1. The number of halogens is 3. The van der Waals surface area contributed by atoms with Crippen LogP contribution in [0.2, 0.25) is 10.0 Å². The molecule has 3 heterocycles. The van der Waals surface area contributed by atoms with Gasteiger partial charge in [0.1, 0.15) is 0 Å². The second-order valence-electron chi connectivity index (χ2n) is 6.56. The van der Waals surface area contributed by atoms with E-state index in [2.05, 4.69) is 24.1 Å². The lowest BCUT2D eigenvalue weighted by Gasteiger charge is -2.56. The molecule has 0 aliphatic carbocycles. The molecule has 6 heteroatoms. The summed E-state index contributed by atoms with van der Waals surface area (Å²) in [5, 5.41) is 4.10. The third-order valence-electron chi connectivity index (χ3n) is 5.06. The number of carbonyl (C=O) groups is 1. The topological polar surface area (TPSA) is 32.3 Å². The van der Waals surface area contributed by atoms with Gasteiger partial charge in [0.15, 0.2) is 0 Å². The molecule has 1 aromatic rings. The first kappa shape index (κ1) is 17.9. The van der Waals surface area contributed by atoms with E-state index in [9.17, 15) is 4.79 Å². The number of carbonyl (C=O) groups excluding carboxylic acids is 1. The number of hydrogen-bond acceptors (Lipinski definition) is 2. The zero-order valence-electron chi connectivity index (χ0n) is 12.7. The number of hydrogen-bond donors (Lipinski definition) is 1. The van der Waals surface area contributed by atoms with Crippen LogP contribution in [0.4, 0.5) is 0 Å². The molecule has 0 radical (unpaired) electrons. The lowest BCUT2D eigenvalue weighted by Crippen LogP contribution is -2.69. The Morgan fingerprint density at radius 1 is 1.23 bits per heavy atom. The molecule has 0 aromatic heterocycles. The van der Waals surface area contributed by atoms with Gasteiger partial charge < -0.3 is 5.32 Å². The lowest BCUT2D eigenvalue weighted by atomic mass is 9.72. The summed E-state index contributed by atoms with van der Waals surface area (Å²) in [6, 6.07) is 5.20. The summed E-state index contributed by atoms with van der Waals surface area (Å²) in [6.45, 7) is 6.71. The van der Waals surface area contributed by atoms with Crippen molar-refractivity contribution in [1.29, 1.82) is 0 Å². The number of rotatable bonds is 2. The Bertz CT molecular complexity index is 569. The van der Waals surface area contributed by atoms with Gasteiger partial charge in [-0.25, -0.2) is 0 Å². The molecule has 3 aliphatic rings. The number of amides is 1. The highest BCUT2D eigenvalue weighted by molar-refractivity contribution is 6.42. The Morgan fingerprint density at radius 3 is 2.41 bits per heavy atom. The van der Waals surface area contributed by atoms with Crippen LogP contribution < -0.4 is 5.32 Å². The van der Waals surface area contributed by atoms with Crippen LogP contribution in [0.15, 0.2) is 18.2 Å². The molecule has 0 saturated carbocycles. The Morgan fingerprint density at radius 2 is 1.86 bits per heavy atom. The van der Waals surface area contributed by atoms with Crippen LogP contribution in [0, 0.1) is 5.92 Å². The van der Waals surface area contributed by atoms with Gasteiger partial charge in [-0.2, -0.15) is 0 Å². The minimum absolute atomic E-state index is 0. The molecular formula is C16H21Cl3N2O. The monoisotopic (exact) mass is 362 g/mol. The van der Waals surface area contributed by atoms with Crippen molar-refractivity contribution in [2.75, 3.05) is 13.1 Å². The Kier molecular flexibility index (Phi) is 5.33. The molecule has 1 N–H and O–H groups in total. The van der Waals surface area contributed by atoms with Gasteiger partial charge >= 0.3 is 0 Å². The molecule has 3 fully saturated rings. The maximum atomic E-state index is 12.5. The molecule has 3 saturated heterocycles. The molecule has 122 valence electrons. The van der Waals surface area contributed by atoms with E-state index in [1.54, 1.807) is 18.2 Å². The average molecular weight is 364 g/mol. The zero-order valence-corrected chi connectivity index (χ0v) is 15.1. The highest BCUT2D eigenvalue weighted by atomic mass is 35.5. The summed E-state index contributed by atoms with van der Waals surface area (Å²) in [7, 11) is 0. The Hall–Kier alpha value is -0.480. The van der Waals surface area contributed by atoms with E-state index in [0.29, 0.717) is 21.5 Å². The summed E-state index contributed by atoms with van der Waals surface area (Å²) >= 11 is 11.9. The first-order valence-corrected chi connectivity index (χ1v) is 8.16. The van der Waals surface area contributed by atoms with E-state index in [-0.39, 0.29) is 29.9 Å². The normalized spacial score (nSPS) is 28.8. The van der Waals surface area contributed by atoms with Gasteiger partial charge in [0, 0.05) is 17.1 Å². The molecule has 4 rings (SSSR count). The molecule has 3 nitrogen and oxygen atoms in total. The van der Waals surface area contributed by atoms with Crippen molar-refractivity contribution in [2.45, 2.75) is 38.3 Å². The Balaban J connectivity index is 0.00000176. The van der Waals surface area contributed by atoms with Gasteiger partial charge in [0.05, 0.1) is 10.0 Å². The van der Waals surface area contributed by atoms with Crippen molar-refractivity contribution in [3.63, 3.8) is 0 Å². The van der Waals surface area contributed by atoms with Gasteiger partial charge in [0.25, 0.3) is 5.91 Å². The van der Waals surface area contributed by atoms with Crippen LogP contribution in [0.3, 0.4) is 0 Å². The molecule has 2 bridgehead atoms. The third-order valence-corrected chi connectivity index (χ3v) is 5.79. The molecular weight excluding hydrogens is 343 g/mol. The summed E-state index contributed by atoms with van der Waals surface area (Å²) in [5.74, 6) is 0.497. The van der Waals surface area contributed by atoms with Gasteiger partial charge in [0.2, 0.25) is 0 Å². The molecule has 0 spiro atoms. The highest BCUT2D eigenvalue weighted by Gasteiger charge is 2.48. The van der Waals surface area contributed by atoms with Gasteiger partial charge in [-0.1, -0.05) is 23.2 Å². The van der Waals surface area contributed by atoms with Crippen molar-refractivity contribution in [3.8, 4) is 0 Å². The predicted molar refractivity (Wildman–Crippen MR) is 93.3 cm³/mol. The molecule has 22 heavy (non-hydrogen) atoms. The van der Waals surface area contributed by atoms with E-state index in [1.165, 1.54) is 0 Å². The number of piperidine rings is 3. The predicted octanol–water partition coefficient (Wildman–Crippen LogP) is 4.02. The minimum Gasteiger partial charge on any atom is -0.347 e. The van der Waals surface area contributed by atoms with Crippen LogP contribution >= 0.6 is 35.6 Å². The Labute approximate surface area is 147 Å². The molecule has 1 atom stereocenters. The first-order chi connectivity index (χ1) is 9.89. The van der Waals surface area contributed by atoms with Crippen LogP contribution in [-0.2, 0) is 0 Å². The fraction of sp³-hybridized carbons (Fsp3) is 0.562. The summed E-state index contributed by atoms with van der Waals surface area (Å²) in [4.78, 5) is 15.0. The largest absolute Gasteiger partial charge is 0.347 e. The first-order valence-electron chi connectivity index (χ1n) is 7.40. The van der Waals surface area contributed by atoms with E-state index >= 15 is 0 Å². The van der Waals surface area contributed by atoms with Crippen molar-refractivity contribution < 1.29 is 4.79 Å². The SMILES string of the molecule is CC1(C)[C@H](NC(=O)c2ccc(Cl)c(Cl)c2)C2CCN1CC2.Cl. The van der Waals surface area contributed by atoms with E-state index in [1.807, 2.05) is 0 Å². The van der Waals surface area contributed by atoms with E-state index in [0.717, 1.165) is 25.9 Å². The van der Waals surface area contributed by atoms with Gasteiger partial charge in [-0.15, -0.1) is 12.4 Å². The summed E-state index contributed by atoms with van der Waals surface area (Å²) in [5.41, 5.74) is 0.573. The fourth-order valence-electron chi connectivity index (χ4n) is 3.74. The van der Waals surface area contributed by atoms with Crippen molar-refractivity contribution in [3.05, 3.63) is 33.8 Å². The maximum Gasteiger partial charge on any atom is 0.251 e. The van der Waals surface area contributed by atoms with E-state index in [4.69, 9.17) is 23.2 Å². The maximum absolute atomic E-state index is 12.5. The second kappa shape index (κ2) is 6.56. The summed E-state index contributed by atoms with van der Waals surface area (Å²) in [6.07, 6.45) is 2.32. The second-order valence-corrected chi connectivity index (χ2v) is 7.37. The quantitative estimate of drug-likeness (QED) is 0.861. The minimum atomic E-state index is -0.0691. The van der Waals surface area contributed by atoms with E-state index < -0.39 is 0 Å². The molecule has 0 unspecified atom stereocenters. The average Bonchev–Trinajstić information content (AvgIpc) is 2.46. The number of nitrogens with zero attached hydrogens (tertiary/aromatic N) is 1. The molecule has 3 aliphatic heterocycles. The zero-order chi connectivity index (χ0) is 15.2. The molecule has 1 aromatic carbocycles. The van der Waals surface area contributed by atoms with Crippen LogP contribution in [-0.4, -0.2) is 35.5 Å². The van der Waals surface area contributed by atoms with Crippen molar-refractivity contribution >= 4 is 41.5 Å². The van der Waals surface area contributed by atoms with Crippen LogP contribution in [0.25, 0.3) is 0 Å². The third kappa shape index (κ3) is 3.09. The smallest absolute Gasteiger partial charge is 0.251 e. The van der Waals surface area contributed by atoms with Gasteiger partial charge in [-0.05, 0) is 63.9 Å². The van der Waals surface area contributed by atoms with Crippen molar-refractivity contribution in [2.24, 2.45) is 5.92 Å². The van der Waals surface area contributed by atoms with Crippen LogP contribution in [0.5, 0.6) is 0 Å². The number of fused-ring (bicyclic) bond motifs is 3. The molecule has 1 amide bonds. The van der Waals surface area contributed by atoms with Crippen molar-refractivity contribution in [1.82, 2.24) is 10.2 Å². The number of benzene rings is 1. The fourth-order valence-corrected chi connectivity index (χ4v) is 4.04. The summed E-state index contributed by atoms with van der Waals surface area (Å²) < 4.78 is 0. The van der Waals surface area contributed by atoms with Crippen LogP contribution in [0.1, 0.15) is 37.0 Å².